The molecule has 3 aromatic heterocycles. The van der Waals surface area contributed by atoms with Crippen molar-refractivity contribution < 1.29 is 14.3 Å². The van der Waals surface area contributed by atoms with E-state index in [0.717, 1.165) is 52.7 Å². The van der Waals surface area contributed by atoms with Crippen LogP contribution in [0.25, 0.3) is 22.2 Å². The van der Waals surface area contributed by atoms with E-state index >= 15 is 0 Å². The van der Waals surface area contributed by atoms with Crippen LogP contribution in [0.3, 0.4) is 0 Å². The predicted molar refractivity (Wildman–Crippen MR) is 124 cm³/mol. The minimum atomic E-state index is -0.546. The number of anilines is 1. The van der Waals surface area contributed by atoms with Crippen molar-refractivity contribution in [3.05, 3.63) is 41.9 Å². The maximum absolute atomic E-state index is 11.6. The summed E-state index contributed by atoms with van der Waals surface area (Å²) in [7, 11) is 1.71. The van der Waals surface area contributed by atoms with Gasteiger partial charge < -0.3 is 19.4 Å². The van der Waals surface area contributed by atoms with Crippen molar-refractivity contribution in [1.82, 2.24) is 14.5 Å². The molecule has 8 heteroatoms. The second-order valence-corrected chi connectivity index (χ2v) is 9.09. The molecular weight excluding hydrogens is 418 g/mol. The topological polar surface area (TPSA) is 102 Å². The monoisotopic (exact) mass is 445 g/mol. The molecule has 1 saturated heterocycles. The number of ether oxygens (including phenoxy) is 2. The highest BCUT2D eigenvalue weighted by molar-refractivity contribution is 5.98. The van der Waals surface area contributed by atoms with Gasteiger partial charge in [-0.1, -0.05) is 0 Å². The molecule has 33 heavy (non-hydrogen) atoms. The largest absolute Gasteiger partial charge is 0.378 e. The standard InChI is InChI=1S/C25H27N5O3/c1-15-6-21(29-23(7-15)25(32-3)4-5-33-14-25)20-13-30(18-8-17(9-18)11-26)22-12-27-24(10-19(20)22)28-16(2)31/h6-7,10,12-13,17-18H,4-5,8-9,14H2,1-3H3,(H,27,28,31)/t17?,18?,25-/m0/s1. The summed E-state index contributed by atoms with van der Waals surface area (Å²) in [6, 6.07) is 8.64. The van der Waals surface area contributed by atoms with Crippen molar-refractivity contribution in [1.29, 1.82) is 5.26 Å². The number of nitriles is 1. The zero-order valence-electron chi connectivity index (χ0n) is 19.1. The highest BCUT2D eigenvalue weighted by Crippen LogP contribution is 2.43. The molecule has 1 saturated carbocycles. The summed E-state index contributed by atoms with van der Waals surface area (Å²) in [6.07, 6.45) is 6.31. The van der Waals surface area contributed by atoms with Gasteiger partial charge in [0.25, 0.3) is 0 Å². The Hall–Kier alpha value is -3.28. The van der Waals surface area contributed by atoms with Crippen molar-refractivity contribution in [3.8, 4) is 17.3 Å². The Balaban J connectivity index is 1.65. The average Bonchev–Trinajstić information content (AvgIpc) is 3.38. The number of carbonyl (C=O) groups excluding carboxylic acids is 1. The van der Waals surface area contributed by atoms with Crippen LogP contribution in [0.15, 0.2) is 30.6 Å². The van der Waals surface area contributed by atoms with Crippen LogP contribution in [-0.2, 0) is 19.9 Å². The van der Waals surface area contributed by atoms with Gasteiger partial charge in [-0.2, -0.15) is 5.26 Å². The molecule has 0 radical (unpaired) electrons. The van der Waals surface area contributed by atoms with Crippen LogP contribution in [0.4, 0.5) is 5.82 Å². The maximum Gasteiger partial charge on any atom is 0.222 e. The van der Waals surface area contributed by atoms with Gasteiger partial charge in [-0.05, 0) is 43.5 Å². The number of nitrogens with zero attached hydrogens (tertiary/aromatic N) is 4. The lowest BCUT2D eigenvalue weighted by Crippen LogP contribution is -2.30. The molecule has 3 aromatic rings. The smallest absolute Gasteiger partial charge is 0.222 e. The van der Waals surface area contributed by atoms with E-state index in [1.54, 1.807) is 13.3 Å². The number of rotatable bonds is 5. The number of methoxy groups -OCH3 is 1. The SMILES string of the molecule is CO[C@@]1(c2cc(C)cc(-c3cn(C4CC(C#N)C4)c4cnc(NC(C)=O)cc34)n2)CCOC1. The van der Waals surface area contributed by atoms with Crippen LogP contribution in [0.5, 0.6) is 0 Å². The lowest BCUT2D eigenvalue weighted by Gasteiger charge is -2.32. The second kappa shape index (κ2) is 8.25. The lowest BCUT2D eigenvalue weighted by atomic mass is 9.81. The first-order valence-electron chi connectivity index (χ1n) is 11.2. The minimum Gasteiger partial charge on any atom is -0.378 e. The fourth-order valence-electron chi connectivity index (χ4n) is 4.88. The molecule has 1 atom stereocenters. The Morgan fingerprint density at radius 3 is 2.85 bits per heavy atom. The molecule has 2 aliphatic rings. The normalized spacial score (nSPS) is 24.4. The number of amides is 1. The molecule has 5 rings (SSSR count). The first kappa shape index (κ1) is 21.6. The van der Waals surface area contributed by atoms with Gasteiger partial charge in [0, 0.05) is 50.2 Å². The highest BCUT2D eigenvalue weighted by Gasteiger charge is 2.39. The van der Waals surface area contributed by atoms with Gasteiger partial charge in [0.1, 0.15) is 11.4 Å². The number of fused-ring (bicyclic) bond motifs is 1. The highest BCUT2D eigenvalue weighted by atomic mass is 16.5. The Kier molecular flexibility index (Phi) is 5.39. The Morgan fingerprint density at radius 2 is 2.18 bits per heavy atom. The summed E-state index contributed by atoms with van der Waals surface area (Å²) < 4.78 is 13.7. The van der Waals surface area contributed by atoms with Crippen LogP contribution < -0.4 is 5.32 Å². The molecular formula is C25H27N5O3. The zero-order chi connectivity index (χ0) is 23.2. The van der Waals surface area contributed by atoms with E-state index in [4.69, 9.17) is 14.5 Å². The van der Waals surface area contributed by atoms with E-state index in [1.165, 1.54) is 6.92 Å². The molecule has 0 spiro atoms. The molecule has 0 unspecified atom stereocenters. The Labute approximate surface area is 192 Å². The molecule has 4 heterocycles. The Bertz CT molecular complexity index is 1260. The van der Waals surface area contributed by atoms with Crippen molar-refractivity contribution in [2.45, 2.75) is 44.8 Å². The van der Waals surface area contributed by atoms with Gasteiger partial charge >= 0.3 is 0 Å². The summed E-state index contributed by atoms with van der Waals surface area (Å²) in [5.41, 5.74) is 4.18. The van der Waals surface area contributed by atoms with Gasteiger partial charge in [-0.3, -0.25) is 4.79 Å². The van der Waals surface area contributed by atoms with Gasteiger partial charge in [0.2, 0.25) is 5.91 Å². The van der Waals surface area contributed by atoms with Gasteiger partial charge in [-0.25, -0.2) is 9.97 Å². The predicted octanol–water partition coefficient (Wildman–Crippen LogP) is 4.10. The van der Waals surface area contributed by atoms with Crippen LogP contribution >= 0.6 is 0 Å². The second-order valence-electron chi connectivity index (χ2n) is 9.09. The molecule has 2 fully saturated rings. The van der Waals surface area contributed by atoms with Crippen molar-refractivity contribution in [3.63, 3.8) is 0 Å². The number of pyridine rings is 2. The quantitative estimate of drug-likeness (QED) is 0.634. The van der Waals surface area contributed by atoms with Crippen LogP contribution in [0.2, 0.25) is 0 Å². The zero-order valence-corrected chi connectivity index (χ0v) is 19.1. The first-order valence-corrected chi connectivity index (χ1v) is 11.2. The summed E-state index contributed by atoms with van der Waals surface area (Å²) in [6.45, 7) is 4.65. The molecule has 0 aromatic carbocycles. The maximum atomic E-state index is 11.6. The summed E-state index contributed by atoms with van der Waals surface area (Å²) >= 11 is 0. The van der Waals surface area contributed by atoms with Crippen LogP contribution in [-0.4, -0.2) is 40.8 Å². The third-order valence-electron chi connectivity index (χ3n) is 6.80. The summed E-state index contributed by atoms with van der Waals surface area (Å²) in [5, 5.41) is 13.0. The van der Waals surface area contributed by atoms with Gasteiger partial charge in [0.15, 0.2) is 0 Å². The molecule has 1 amide bonds. The minimum absolute atomic E-state index is 0.0927. The fraction of sp³-hybridized carbons (Fsp3) is 0.440. The first-order chi connectivity index (χ1) is 15.9. The molecule has 1 N–H and O–H groups in total. The van der Waals surface area contributed by atoms with E-state index in [-0.39, 0.29) is 17.9 Å². The number of aryl methyl sites for hydroxylation is 1. The third kappa shape index (κ3) is 3.77. The van der Waals surface area contributed by atoms with Crippen molar-refractivity contribution >= 4 is 22.6 Å². The number of hydrogen-bond donors (Lipinski definition) is 1. The van der Waals surface area contributed by atoms with Gasteiger partial charge in [-0.15, -0.1) is 0 Å². The molecule has 1 aliphatic heterocycles. The number of carbonyl (C=O) groups is 1. The van der Waals surface area contributed by atoms with Crippen LogP contribution in [0.1, 0.15) is 43.5 Å². The number of nitrogens with one attached hydrogen (secondary N) is 1. The number of hydrogen-bond acceptors (Lipinski definition) is 6. The molecule has 0 bridgehead atoms. The third-order valence-corrected chi connectivity index (χ3v) is 6.80. The Morgan fingerprint density at radius 1 is 1.36 bits per heavy atom. The van der Waals surface area contributed by atoms with Crippen molar-refractivity contribution in [2.24, 2.45) is 5.92 Å². The van der Waals surface area contributed by atoms with Gasteiger partial charge in [0.05, 0.1) is 41.7 Å². The average molecular weight is 446 g/mol. The van der Waals surface area contributed by atoms with Crippen LogP contribution in [0, 0.1) is 24.2 Å². The number of aromatic nitrogens is 3. The summed E-state index contributed by atoms with van der Waals surface area (Å²) in [4.78, 5) is 21.1. The van der Waals surface area contributed by atoms with Crippen molar-refractivity contribution in [2.75, 3.05) is 25.6 Å². The van der Waals surface area contributed by atoms with E-state index in [1.807, 2.05) is 6.07 Å². The summed E-state index contributed by atoms with van der Waals surface area (Å²) in [5.74, 6) is 0.427. The van der Waals surface area contributed by atoms with E-state index in [2.05, 4.69) is 46.2 Å². The van der Waals surface area contributed by atoms with E-state index < -0.39 is 5.60 Å². The van der Waals surface area contributed by atoms with E-state index in [9.17, 15) is 10.1 Å². The molecule has 170 valence electrons. The van der Waals surface area contributed by atoms with E-state index in [0.29, 0.717) is 19.0 Å². The molecule has 8 nitrogen and oxygen atoms in total. The molecule has 1 aliphatic carbocycles. The lowest BCUT2D eigenvalue weighted by molar-refractivity contribution is -0.114. The fourth-order valence-corrected chi connectivity index (χ4v) is 4.88.